The highest BCUT2D eigenvalue weighted by Crippen LogP contribution is 2.34. The highest BCUT2D eigenvalue weighted by molar-refractivity contribution is 5.75. The van der Waals surface area contributed by atoms with Crippen LogP contribution < -0.4 is 4.74 Å². The molecule has 0 aromatic heterocycles. The average Bonchev–Trinajstić information content (AvgIpc) is 2.61. The van der Waals surface area contributed by atoms with Crippen LogP contribution in [0.3, 0.4) is 0 Å². The minimum Gasteiger partial charge on any atom is -0.497 e. The molecule has 0 amide bonds. The zero-order valence-corrected chi connectivity index (χ0v) is 15.7. The van der Waals surface area contributed by atoms with Gasteiger partial charge < -0.3 is 9.84 Å². The van der Waals surface area contributed by atoms with Gasteiger partial charge in [0.25, 0.3) is 0 Å². The lowest BCUT2D eigenvalue weighted by molar-refractivity contribution is -0.144. The number of benzene rings is 2. The van der Waals surface area contributed by atoms with E-state index < -0.39 is 12.0 Å². The van der Waals surface area contributed by atoms with E-state index in [4.69, 9.17) is 4.74 Å². The molecule has 138 valence electrons. The number of aryl methyl sites for hydroxylation is 2. The molecule has 2 aromatic carbocycles. The number of aliphatic carboxylic acids is 1. The van der Waals surface area contributed by atoms with Crippen LogP contribution in [0, 0.1) is 13.8 Å². The van der Waals surface area contributed by atoms with Gasteiger partial charge in [0.2, 0.25) is 0 Å². The fraction of sp³-hybridized carbons (Fsp3) is 0.409. The Labute approximate surface area is 155 Å². The Morgan fingerprint density at radius 3 is 2.35 bits per heavy atom. The van der Waals surface area contributed by atoms with Crippen molar-refractivity contribution in [3.8, 4) is 5.75 Å². The van der Waals surface area contributed by atoms with Gasteiger partial charge in [-0.25, -0.2) is 0 Å². The number of carboxylic acid groups (broad SMARTS) is 1. The molecule has 4 heteroatoms. The number of likely N-dealkylation sites (tertiary alicyclic amines) is 1. The predicted octanol–water partition coefficient (Wildman–Crippen LogP) is 4.32. The van der Waals surface area contributed by atoms with Crippen molar-refractivity contribution in [2.24, 2.45) is 0 Å². The van der Waals surface area contributed by atoms with Crippen LogP contribution in [0.15, 0.2) is 42.5 Å². The normalized spacial score (nSPS) is 17.0. The van der Waals surface area contributed by atoms with Crippen LogP contribution in [0.1, 0.15) is 47.1 Å². The number of carbonyl (C=O) groups is 1. The summed E-state index contributed by atoms with van der Waals surface area (Å²) in [6.45, 7) is 5.83. The summed E-state index contributed by atoms with van der Waals surface area (Å²) in [6.07, 6.45) is 1.97. The number of hydrogen-bond acceptors (Lipinski definition) is 3. The van der Waals surface area contributed by atoms with Crippen LogP contribution in [0.5, 0.6) is 5.75 Å². The van der Waals surface area contributed by atoms with E-state index in [-0.39, 0.29) is 0 Å². The highest BCUT2D eigenvalue weighted by atomic mass is 16.5. The third kappa shape index (κ3) is 4.07. The standard InChI is InChI=1S/C22H27NO3/c1-15-11-16(2)13-19(12-15)17-7-9-23(10-8-17)21(22(24)25)18-5-4-6-20(14-18)26-3/h4-6,11-14,17,21H,7-10H2,1-3H3,(H,24,25). The first-order valence-electron chi connectivity index (χ1n) is 9.17. The summed E-state index contributed by atoms with van der Waals surface area (Å²) in [5.41, 5.74) is 4.75. The number of methoxy groups -OCH3 is 1. The highest BCUT2D eigenvalue weighted by Gasteiger charge is 2.31. The molecule has 1 N–H and O–H groups in total. The van der Waals surface area contributed by atoms with Gasteiger partial charge in [0, 0.05) is 0 Å². The molecule has 1 saturated heterocycles. The Bertz CT molecular complexity index is 758. The van der Waals surface area contributed by atoms with Gasteiger partial charge in [-0.1, -0.05) is 41.5 Å². The predicted molar refractivity (Wildman–Crippen MR) is 103 cm³/mol. The van der Waals surface area contributed by atoms with Gasteiger partial charge in [-0.2, -0.15) is 0 Å². The van der Waals surface area contributed by atoms with Crippen molar-refractivity contribution in [1.29, 1.82) is 0 Å². The minimum atomic E-state index is -0.803. The Kier molecular flexibility index (Phi) is 5.62. The molecule has 1 aliphatic rings. The molecular weight excluding hydrogens is 326 g/mol. The second-order valence-electron chi connectivity index (χ2n) is 7.25. The van der Waals surface area contributed by atoms with E-state index >= 15 is 0 Å². The fourth-order valence-electron chi connectivity index (χ4n) is 4.06. The molecule has 0 radical (unpaired) electrons. The van der Waals surface area contributed by atoms with E-state index in [0.29, 0.717) is 11.7 Å². The number of carboxylic acids is 1. The maximum atomic E-state index is 12.0. The van der Waals surface area contributed by atoms with E-state index in [1.807, 2.05) is 24.3 Å². The Morgan fingerprint density at radius 2 is 1.77 bits per heavy atom. The molecule has 3 rings (SSSR count). The first kappa shape index (κ1) is 18.5. The van der Waals surface area contributed by atoms with Crippen molar-refractivity contribution in [2.75, 3.05) is 20.2 Å². The number of nitrogens with zero attached hydrogens (tertiary/aromatic N) is 1. The Morgan fingerprint density at radius 1 is 1.12 bits per heavy atom. The number of rotatable bonds is 5. The van der Waals surface area contributed by atoms with E-state index in [1.54, 1.807) is 7.11 Å². The van der Waals surface area contributed by atoms with E-state index in [0.717, 1.165) is 31.5 Å². The molecule has 1 aliphatic heterocycles. The second kappa shape index (κ2) is 7.92. The van der Waals surface area contributed by atoms with Gasteiger partial charge in [0.1, 0.15) is 11.8 Å². The maximum absolute atomic E-state index is 12.0. The largest absolute Gasteiger partial charge is 0.497 e. The molecule has 0 aliphatic carbocycles. The molecule has 1 fully saturated rings. The SMILES string of the molecule is COc1cccc(C(C(=O)O)N2CCC(c3cc(C)cc(C)c3)CC2)c1. The number of hydrogen-bond donors (Lipinski definition) is 1. The summed E-state index contributed by atoms with van der Waals surface area (Å²) in [5, 5.41) is 9.82. The van der Waals surface area contributed by atoms with Gasteiger partial charge in [-0.15, -0.1) is 0 Å². The lowest BCUT2D eigenvalue weighted by atomic mass is 9.87. The molecule has 1 unspecified atom stereocenters. The van der Waals surface area contributed by atoms with Crippen LogP contribution >= 0.6 is 0 Å². The second-order valence-corrected chi connectivity index (χ2v) is 7.25. The third-order valence-electron chi connectivity index (χ3n) is 5.25. The summed E-state index contributed by atoms with van der Waals surface area (Å²) >= 11 is 0. The van der Waals surface area contributed by atoms with E-state index in [1.165, 1.54) is 16.7 Å². The van der Waals surface area contributed by atoms with Gasteiger partial charge in [-0.3, -0.25) is 9.69 Å². The fourth-order valence-corrected chi connectivity index (χ4v) is 4.06. The molecule has 0 bridgehead atoms. The topological polar surface area (TPSA) is 49.8 Å². The molecule has 4 nitrogen and oxygen atoms in total. The summed E-state index contributed by atoms with van der Waals surface area (Å²) < 4.78 is 5.26. The summed E-state index contributed by atoms with van der Waals surface area (Å²) in [4.78, 5) is 14.0. The van der Waals surface area contributed by atoms with Crippen molar-refractivity contribution in [3.63, 3.8) is 0 Å². The minimum absolute atomic E-state index is 0.504. The smallest absolute Gasteiger partial charge is 0.325 e. The monoisotopic (exact) mass is 353 g/mol. The van der Waals surface area contributed by atoms with Crippen molar-refractivity contribution in [1.82, 2.24) is 4.90 Å². The van der Waals surface area contributed by atoms with Gasteiger partial charge in [-0.05, 0) is 69.0 Å². The quantitative estimate of drug-likeness (QED) is 0.870. The van der Waals surface area contributed by atoms with Gasteiger partial charge in [0.15, 0.2) is 0 Å². The molecule has 0 spiro atoms. The zero-order valence-electron chi connectivity index (χ0n) is 15.7. The third-order valence-corrected chi connectivity index (χ3v) is 5.25. The summed E-state index contributed by atoms with van der Waals surface area (Å²) in [7, 11) is 1.60. The average molecular weight is 353 g/mol. The van der Waals surface area contributed by atoms with Crippen LogP contribution in [0.2, 0.25) is 0 Å². The van der Waals surface area contributed by atoms with Crippen LogP contribution in [-0.2, 0) is 4.79 Å². The number of piperidine rings is 1. The van der Waals surface area contributed by atoms with E-state index in [2.05, 4.69) is 36.9 Å². The molecular formula is C22H27NO3. The van der Waals surface area contributed by atoms with Crippen LogP contribution in [-0.4, -0.2) is 36.2 Å². The Hall–Kier alpha value is -2.33. The van der Waals surface area contributed by atoms with Crippen LogP contribution in [0.4, 0.5) is 0 Å². The number of ether oxygens (including phenoxy) is 1. The van der Waals surface area contributed by atoms with Crippen molar-refractivity contribution in [3.05, 3.63) is 64.7 Å². The lowest BCUT2D eigenvalue weighted by Crippen LogP contribution is -2.39. The zero-order chi connectivity index (χ0) is 18.7. The maximum Gasteiger partial charge on any atom is 0.325 e. The van der Waals surface area contributed by atoms with Crippen molar-refractivity contribution >= 4 is 5.97 Å². The molecule has 2 aromatic rings. The first-order valence-corrected chi connectivity index (χ1v) is 9.17. The van der Waals surface area contributed by atoms with Crippen molar-refractivity contribution < 1.29 is 14.6 Å². The summed E-state index contributed by atoms with van der Waals surface area (Å²) in [5.74, 6) is 0.395. The lowest BCUT2D eigenvalue weighted by Gasteiger charge is -2.36. The molecule has 0 saturated carbocycles. The Balaban J connectivity index is 1.75. The van der Waals surface area contributed by atoms with Gasteiger partial charge >= 0.3 is 5.97 Å². The van der Waals surface area contributed by atoms with Gasteiger partial charge in [0.05, 0.1) is 7.11 Å². The van der Waals surface area contributed by atoms with Crippen LogP contribution in [0.25, 0.3) is 0 Å². The molecule has 26 heavy (non-hydrogen) atoms. The van der Waals surface area contributed by atoms with Crippen molar-refractivity contribution in [2.45, 2.75) is 38.6 Å². The van der Waals surface area contributed by atoms with E-state index in [9.17, 15) is 9.90 Å². The first-order chi connectivity index (χ1) is 12.5. The molecule has 1 atom stereocenters. The summed E-state index contributed by atoms with van der Waals surface area (Å²) in [6, 6.07) is 13.5. The molecule has 1 heterocycles.